The number of hydrogen-bond acceptors (Lipinski definition) is 7. The monoisotopic (exact) mass is 612 g/mol. The van der Waals surface area contributed by atoms with Crippen LogP contribution in [-0.4, -0.2) is 47.4 Å². The van der Waals surface area contributed by atoms with E-state index < -0.39 is 16.1 Å². The van der Waals surface area contributed by atoms with Gasteiger partial charge in [-0.3, -0.25) is 9.36 Å². The zero-order valence-electron chi connectivity index (χ0n) is 22.4. The smallest absolute Gasteiger partial charge is 0.328 e. The van der Waals surface area contributed by atoms with E-state index in [1.807, 2.05) is 59.5 Å². The van der Waals surface area contributed by atoms with Gasteiger partial charge in [0.15, 0.2) is 11.0 Å². The number of anilines is 1. The Morgan fingerprint density at radius 2 is 1.63 bits per heavy atom. The average molecular weight is 613 g/mol. The lowest BCUT2D eigenvalue weighted by molar-refractivity contribution is -0.113. The minimum atomic E-state index is -4.05. The van der Waals surface area contributed by atoms with Crippen molar-refractivity contribution in [1.82, 2.24) is 24.8 Å². The summed E-state index contributed by atoms with van der Waals surface area (Å²) < 4.78 is 28.8. The fourth-order valence-corrected chi connectivity index (χ4v) is 5.52. The van der Waals surface area contributed by atoms with Crippen LogP contribution in [0.3, 0.4) is 0 Å². The molecular formula is C28H29ClN6O4S2. The molecule has 1 aromatic heterocycles. The number of unbranched alkanes of at least 4 members (excludes halogenated alkanes) is 1. The fourth-order valence-electron chi connectivity index (χ4n) is 3.72. The van der Waals surface area contributed by atoms with Gasteiger partial charge in [-0.25, -0.2) is 17.9 Å². The maximum atomic E-state index is 12.8. The van der Waals surface area contributed by atoms with E-state index in [2.05, 4.69) is 20.8 Å². The topological polar surface area (TPSA) is 135 Å². The predicted octanol–water partition coefficient (Wildman–Crippen LogP) is 5.41. The summed E-state index contributed by atoms with van der Waals surface area (Å²) in [6.07, 6.45) is 1.62. The second kappa shape index (κ2) is 13.7. The largest absolute Gasteiger partial charge is 0.337 e. The quantitative estimate of drug-likeness (QED) is 0.152. The highest BCUT2D eigenvalue weighted by atomic mass is 35.5. The van der Waals surface area contributed by atoms with Gasteiger partial charge >= 0.3 is 6.03 Å². The zero-order chi connectivity index (χ0) is 29.4. The van der Waals surface area contributed by atoms with Crippen molar-refractivity contribution in [3.63, 3.8) is 0 Å². The molecule has 3 N–H and O–H groups in total. The third-order valence-corrected chi connectivity index (χ3v) is 8.38. The van der Waals surface area contributed by atoms with Crippen molar-refractivity contribution in [2.45, 2.75) is 36.7 Å². The van der Waals surface area contributed by atoms with E-state index in [1.165, 1.54) is 36.0 Å². The van der Waals surface area contributed by atoms with Crippen LogP contribution in [-0.2, 0) is 14.8 Å². The van der Waals surface area contributed by atoms with Crippen LogP contribution in [0.1, 0.15) is 25.3 Å². The fraction of sp³-hybridized carbons (Fsp3) is 0.214. The van der Waals surface area contributed by atoms with Crippen LogP contribution in [0.25, 0.3) is 17.1 Å². The van der Waals surface area contributed by atoms with Gasteiger partial charge in [-0.15, -0.1) is 10.2 Å². The number of halogens is 1. The van der Waals surface area contributed by atoms with Gasteiger partial charge in [0.2, 0.25) is 5.91 Å². The Morgan fingerprint density at radius 3 is 2.29 bits per heavy atom. The Labute approximate surface area is 248 Å². The van der Waals surface area contributed by atoms with Gasteiger partial charge in [-0.2, -0.15) is 0 Å². The number of thioether (sulfide) groups is 1. The minimum absolute atomic E-state index is 0.0319. The first kappa shape index (κ1) is 30.1. The Kier molecular flexibility index (Phi) is 10.0. The first-order valence-corrected chi connectivity index (χ1v) is 15.6. The van der Waals surface area contributed by atoms with Crippen molar-refractivity contribution < 1.29 is 18.0 Å². The molecule has 0 spiro atoms. The molecule has 3 amide bonds. The van der Waals surface area contributed by atoms with E-state index in [4.69, 9.17) is 11.6 Å². The summed E-state index contributed by atoms with van der Waals surface area (Å²) in [4.78, 5) is 24.5. The number of nitrogens with zero attached hydrogens (tertiary/aromatic N) is 3. The number of hydrogen-bond donors (Lipinski definition) is 3. The highest BCUT2D eigenvalue weighted by Gasteiger charge is 2.19. The van der Waals surface area contributed by atoms with Crippen molar-refractivity contribution >= 4 is 51.0 Å². The molecule has 0 saturated heterocycles. The number of nitrogens with one attached hydrogen (secondary N) is 3. The molecule has 1 heterocycles. The number of rotatable bonds is 11. The van der Waals surface area contributed by atoms with Gasteiger partial charge in [0.25, 0.3) is 10.0 Å². The summed E-state index contributed by atoms with van der Waals surface area (Å²) in [6, 6.07) is 19.9. The molecule has 0 saturated carbocycles. The normalized spacial score (nSPS) is 11.2. The Morgan fingerprint density at radius 1 is 0.951 bits per heavy atom. The van der Waals surface area contributed by atoms with E-state index in [0.29, 0.717) is 28.2 Å². The lowest BCUT2D eigenvalue weighted by Crippen LogP contribution is -2.39. The number of carbonyl (C=O) groups is 2. The van der Waals surface area contributed by atoms with Gasteiger partial charge < -0.3 is 10.6 Å². The third kappa shape index (κ3) is 8.09. The molecular weight excluding hydrogens is 584 g/mol. The number of amides is 3. The van der Waals surface area contributed by atoms with E-state index in [1.54, 1.807) is 12.1 Å². The van der Waals surface area contributed by atoms with Crippen molar-refractivity contribution in [2.75, 3.05) is 17.6 Å². The number of benzene rings is 3. The Hall–Kier alpha value is -3.87. The van der Waals surface area contributed by atoms with Crippen LogP contribution in [0.5, 0.6) is 0 Å². The summed E-state index contributed by atoms with van der Waals surface area (Å²) in [7, 11) is -4.05. The second-order valence-electron chi connectivity index (χ2n) is 9.06. The summed E-state index contributed by atoms with van der Waals surface area (Å²) >= 11 is 7.28. The summed E-state index contributed by atoms with van der Waals surface area (Å²) in [5.41, 5.74) is 3.18. The second-order valence-corrected chi connectivity index (χ2v) is 12.1. The molecule has 0 aliphatic rings. The lowest BCUT2D eigenvalue weighted by atomic mass is 10.2. The molecule has 0 fully saturated rings. The third-order valence-electron chi connectivity index (χ3n) is 5.85. The first-order valence-electron chi connectivity index (χ1n) is 12.8. The van der Waals surface area contributed by atoms with Crippen LogP contribution in [0.2, 0.25) is 5.02 Å². The maximum Gasteiger partial charge on any atom is 0.328 e. The molecule has 4 aromatic rings. The van der Waals surface area contributed by atoms with E-state index >= 15 is 0 Å². The van der Waals surface area contributed by atoms with E-state index in [-0.39, 0.29) is 16.6 Å². The molecule has 0 bridgehead atoms. The Balaban J connectivity index is 1.43. The van der Waals surface area contributed by atoms with Gasteiger partial charge in [0.1, 0.15) is 0 Å². The molecule has 3 aromatic carbocycles. The number of sulfonamides is 1. The van der Waals surface area contributed by atoms with Crippen LogP contribution >= 0.6 is 23.4 Å². The molecule has 214 valence electrons. The molecule has 0 unspecified atom stereocenters. The summed E-state index contributed by atoms with van der Waals surface area (Å²) in [6.45, 7) is 4.34. The minimum Gasteiger partial charge on any atom is -0.337 e. The predicted molar refractivity (Wildman–Crippen MR) is 161 cm³/mol. The molecule has 0 atom stereocenters. The van der Waals surface area contributed by atoms with Crippen molar-refractivity contribution in [2.24, 2.45) is 0 Å². The highest BCUT2D eigenvalue weighted by molar-refractivity contribution is 7.99. The van der Waals surface area contributed by atoms with Gasteiger partial charge in [0, 0.05) is 28.5 Å². The SMILES string of the molecule is CCCCNC(=O)NS(=O)(=O)c1ccc(NC(=O)CSc2nnc(-c3ccc(Cl)cc3)n2-c2ccc(C)cc2)cc1. The molecule has 4 rings (SSSR count). The number of carbonyl (C=O) groups excluding carboxylic acids is 2. The molecule has 0 aliphatic carbocycles. The van der Waals surface area contributed by atoms with Gasteiger partial charge in [-0.05, 0) is 74.0 Å². The van der Waals surface area contributed by atoms with E-state index in [0.717, 1.165) is 29.7 Å². The van der Waals surface area contributed by atoms with Gasteiger partial charge in [0.05, 0.1) is 10.6 Å². The number of aryl methyl sites for hydroxylation is 1. The lowest BCUT2D eigenvalue weighted by Gasteiger charge is -2.11. The summed E-state index contributed by atoms with van der Waals surface area (Å²) in [5.74, 6) is 0.327. The van der Waals surface area contributed by atoms with Crippen LogP contribution in [0.15, 0.2) is 82.8 Å². The zero-order valence-corrected chi connectivity index (χ0v) is 24.8. The Bertz CT molecular complexity index is 1610. The molecule has 10 nitrogen and oxygen atoms in total. The average Bonchev–Trinajstić information content (AvgIpc) is 3.37. The molecule has 0 radical (unpaired) electrons. The van der Waals surface area contributed by atoms with Crippen molar-refractivity contribution in [3.05, 3.63) is 83.4 Å². The standard InChI is InChI=1S/C28H29ClN6O4S2/c1-3-4-17-30-27(37)34-41(38,39)24-15-11-22(12-16-24)31-25(36)18-40-28-33-32-26(20-7-9-21(29)10-8-20)35(28)23-13-5-19(2)6-14-23/h5-16H,3-4,17-18H2,1-2H3,(H,31,36)(H2,30,34,37). The molecule has 13 heteroatoms. The van der Waals surface area contributed by atoms with Gasteiger partial charge in [-0.1, -0.05) is 54.4 Å². The molecule has 0 aliphatic heterocycles. The van der Waals surface area contributed by atoms with E-state index in [9.17, 15) is 18.0 Å². The maximum absolute atomic E-state index is 12.8. The van der Waals surface area contributed by atoms with Crippen LogP contribution in [0, 0.1) is 6.92 Å². The van der Waals surface area contributed by atoms with Crippen molar-refractivity contribution in [3.8, 4) is 17.1 Å². The van der Waals surface area contributed by atoms with Crippen molar-refractivity contribution in [1.29, 1.82) is 0 Å². The molecule has 41 heavy (non-hydrogen) atoms. The highest BCUT2D eigenvalue weighted by Crippen LogP contribution is 2.29. The number of urea groups is 1. The number of aromatic nitrogens is 3. The van der Waals surface area contributed by atoms with Crippen LogP contribution in [0.4, 0.5) is 10.5 Å². The summed E-state index contributed by atoms with van der Waals surface area (Å²) in [5, 5.41) is 15.1. The van der Waals surface area contributed by atoms with Crippen LogP contribution < -0.4 is 15.4 Å². The first-order chi connectivity index (χ1) is 19.7.